The minimum Gasteiger partial charge on any atom is -0.309 e. The fraction of sp³-hybridized carbons (Fsp3) is 0.800. The molecule has 0 aromatic carbocycles. The molecule has 0 aliphatic rings. The largest absolute Gasteiger partial charge is 0.309 e. The molecule has 1 unspecified atom stereocenters. The second-order valence-electron chi connectivity index (χ2n) is 4.97. The summed E-state index contributed by atoms with van der Waals surface area (Å²) in [5.74, 6) is 0. The van der Waals surface area contributed by atoms with Gasteiger partial charge in [-0.25, -0.2) is 4.98 Å². The fourth-order valence-electron chi connectivity index (χ4n) is 2.35. The Balaban J connectivity index is 2.29. The number of aryl methyl sites for hydroxylation is 1. The first kappa shape index (κ1) is 15.6. The van der Waals surface area contributed by atoms with Crippen molar-refractivity contribution in [2.24, 2.45) is 0 Å². The number of nitrogens with one attached hydrogen (secondary N) is 1. The molecule has 0 saturated heterocycles. The Morgan fingerprint density at radius 1 is 1.17 bits per heavy atom. The van der Waals surface area contributed by atoms with Gasteiger partial charge >= 0.3 is 0 Å². The quantitative estimate of drug-likeness (QED) is 0.613. The fourth-order valence-corrected chi connectivity index (χ4v) is 3.26. The number of hydrogen-bond donors (Lipinski definition) is 1. The van der Waals surface area contributed by atoms with Gasteiger partial charge in [-0.2, -0.15) is 0 Å². The summed E-state index contributed by atoms with van der Waals surface area (Å²) in [6.07, 6.45) is 9.49. The van der Waals surface area contributed by atoms with E-state index in [2.05, 4.69) is 31.1 Å². The first-order valence-corrected chi connectivity index (χ1v) is 8.30. The molecule has 1 N–H and O–H groups in total. The molecule has 0 spiro atoms. The van der Waals surface area contributed by atoms with Crippen LogP contribution in [0, 0.1) is 6.92 Å². The van der Waals surface area contributed by atoms with E-state index in [4.69, 9.17) is 0 Å². The van der Waals surface area contributed by atoms with Crippen molar-refractivity contribution in [3.05, 3.63) is 16.1 Å². The molecule has 0 radical (unpaired) electrons. The maximum atomic E-state index is 4.37. The van der Waals surface area contributed by atoms with Crippen LogP contribution >= 0.6 is 11.3 Å². The summed E-state index contributed by atoms with van der Waals surface area (Å²) in [6, 6.07) is 0.522. The van der Waals surface area contributed by atoms with E-state index in [0.717, 1.165) is 6.54 Å². The molecule has 1 rings (SSSR count). The monoisotopic (exact) mass is 268 g/mol. The number of rotatable bonds is 10. The van der Waals surface area contributed by atoms with Gasteiger partial charge in [0, 0.05) is 10.9 Å². The summed E-state index contributed by atoms with van der Waals surface area (Å²) in [5, 5.41) is 3.60. The van der Waals surface area contributed by atoms with Crippen LogP contribution in [0.3, 0.4) is 0 Å². The van der Waals surface area contributed by atoms with E-state index >= 15 is 0 Å². The van der Waals surface area contributed by atoms with Crippen LogP contribution in [0.25, 0.3) is 0 Å². The molecule has 3 heteroatoms. The molecule has 0 aliphatic carbocycles. The van der Waals surface area contributed by atoms with Crippen LogP contribution in [-0.2, 0) is 0 Å². The Morgan fingerprint density at radius 3 is 2.50 bits per heavy atom. The maximum absolute atomic E-state index is 4.37. The van der Waals surface area contributed by atoms with Gasteiger partial charge < -0.3 is 5.32 Å². The van der Waals surface area contributed by atoms with Crippen molar-refractivity contribution in [1.82, 2.24) is 10.3 Å². The summed E-state index contributed by atoms with van der Waals surface area (Å²) >= 11 is 1.80. The molecule has 0 aliphatic heterocycles. The van der Waals surface area contributed by atoms with Crippen LogP contribution in [0.5, 0.6) is 0 Å². The number of aromatic nitrogens is 1. The van der Waals surface area contributed by atoms with Gasteiger partial charge in [0.2, 0.25) is 0 Å². The third-order valence-corrected chi connectivity index (χ3v) is 4.44. The van der Waals surface area contributed by atoms with Crippen LogP contribution < -0.4 is 5.32 Å². The van der Waals surface area contributed by atoms with E-state index in [1.165, 1.54) is 55.5 Å². The van der Waals surface area contributed by atoms with Crippen LogP contribution in [0.2, 0.25) is 0 Å². The predicted octanol–water partition coefficient (Wildman–Crippen LogP) is 4.85. The zero-order chi connectivity index (χ0) is 13.2. The van der Waals surface area contributed by atoms with Gasteiger partial charge in [-0.3, -0.25) is 0 Å². The molecular weight excluding hydrogens is 240 g/mol. The maximum Gasteiger partial charge on any atom is 0.0798 e. The number of hydrogen-bond acceptors (Lipinski definition) is 3. The second kappa shape index (κ2) is 9.51. The molecule has 2 nitrogen and oxygen atoms in total. The van der Waals surface area contributed by atoms with E-state index < -0.39 is 0 Å². The molecular formula is C15H28N2S. The highest BCUT2D eigenvalue weighted by atomic mass is 32.1. The SMILES string of the molecule is CCCCCCCCC(NCC)c1scnc1C. The number of unbranched alkanes of at least 4 members (excludes halogenated alkanes) is 5. The predicted molar refractivity (Wildman–Crippen MR) is 81.3 cm³/mol. The molecule has 0 saturated carbocycles. The Hall–Kier alpha value is -0.410. The third-order valence-electron chi connectivity index (χ3n) is 3.40. The molecule has 0 bridgehead atoms. The van der Waals surface area contributed by atoms with E-state index in [9.17, 15) is 0 Å². The van der Waals surface area contributed by atoms with Crippen molar-refractivity contribution < 1.29 is 0 Å². The summed E-state index contributed by atoms with van der Waals surface area (Å²) in [7, 11) is 0. The van der Waals surface area contributed by atoms with Crippen molar-refractivity contribution >= 4 is 11.3 Å². The van der Waals surface area contributed by atoms with Gasteiger partial charge in [-0.15, -0.1) is 11.3 Å². The number of thiazole rings is 1. The minimum atomic E-state index is 0.522. The first-order valence-electron chi connectivity index (χ1n) is 7.42. The molecule has 1 atom stereocenters. The minimum absolute atomic E-state index is 0.522. The van der Waals surface area contributed by atoms with Crippen LogP contribution in [0.4, 0.5) is 0 Å². The van der Waals surface area contributed by atoms with Crippen LogP contribution in [0.15, 0.2) is 5.51 Å². The van der Waals surface area contributed by atoms with Crippen LogP contribution in [0.1, 0.15) is 75.4 Å². The van der Waals surface area contributed by atoms with Crippen molar-refractivity contribution in [2.45, 2.75) is 71.8 Å². The van der Waals surface area contributed by atoms with E-state index in [0.29, 0.717) is 6.04 Å². The Bertz CT molecular complexity index is 309. The standard InChI is InChI=1S/C15H28N2S/c1-4-6-7-8-9-10-11-14(16-5-2)15-13(3)17-12-18-15/h12,14,16H,4-11H2,1-3H3. The van der Waals surface area contributed by atoms with Gasteiger partial charge in [0.05, 0.1) is 11.2 Å². The topological polar surface area (TPSA) is 24.9 Å². The van der Waals surface area contributed by atoms with Gasteiger partial charge in [0.1, 0.15) is 0 Å². The average Bonchev–Trinajstić information content (AvgIpc) is 2.78. The lowest BCUT2D eigenvalue weighted by molar-refractivity contribution is 0.480. The Kier molecular flexibility index (Phi) is 8.27. The van der Waals surface area contributed by atoms with Gasteiger partial charge in [0.25, 0.3) is 0 Å². The molecule has 0 amide bonds. The zero-order valence-electron chi connectivity index (χ0n) is 12.2. The van der Waals surface area contributed by atoms with E-state index in [1.807, 2.05) is 5.51 Å². The molecule has 18 heavy (non-hydrogen) atoms. The highest BCUT2D eigenvalue weighted by molar-refractivity contribution is 7.09. The summed E-state index contributed by atoms with van der Waals surface area (Å²) < 4.78 is 0. The van der Waals surface area contributed by atoms with Crippen molar-refractivity contribution in [3.63, 3.8) is 0 Å². The van der Waals surface area contributed by atoms with Crippen molar-refractivity contribution in [2.75, 3.05) is 6.54 Å². The van der Waals surface area contributed by atoms with Crippen molar-refractivity contribution in [3.8, 4) is 0 Å². The summed E-state index contributed by atoms with van der Waals surface area (Å²) in [4.78, 5) is 5.80. The molecule has 1 heterocycles. The van der Waals surface area contributed by atoms with Gasteiger partial charge in [0.15, 0.2) is 0 Å². The lowest BCUT2D eigenvalue weighted by Crippen LogP contribution is -2.20. The van der Waals surface area contributed by atoms with Crippen molar-refractivity contribution in [1.29, 1.82) is 0 Å². The molecule has 104 valence electrons. The average molecular weight is 268 g/mol. The lowest BCUT2D eigenvalue weighted by atomic mass is 10.0. The smallest absolute Gasteiger partial charge is 0.0798 e. The molecule has 0 fully saturated rings. The van der Waals surface area contributed by atoms with E-state index in [-0.39, 0.29) is 0 Å². The summed E-state index contributed by atoms with van der Waals surface area (Å²) in [5.41, 5.74) is 3.17. The lowest BCUT2D eigenvalue weighted by Gasteiger charge is -2.16. The third kappa shape index (κ3) is 5.49. The highest BCUT2D eigenvalue weighted by Gasteiger charge is 2.14. The summed E-state index contributed by atoms with van der Waals surface area (Å²) in [6.45, 7) is 7.62. The normalized spacial score (nSPS) is 12.8. The molecule has 1 aromatic heterocycles. The second-order valence-corrected chi connectivity index (χ2v) is 5.86. The van der Waals surface area contributed by atoms with Crippen LogP contribution in [-0.4, -0.2) is 11.5 Å². The van der Waals surface area contributed by atoms with E-state index in [1.54, 1.807) is 11.3 Å². The Morgan fingerprint density at radius 2 is 1.89 bits per heavy atom. The van der Waals surface area contributed by atoms with Gasteiger partial charge in [-0.05, 0) is 19.9 Å². The van der Waals surface area contributed by atoms with Gasteiger partial charge in [-0.1, -0.05) is 52.4 Å². The first-order chi connectivity index (χ1) is 8.79. The zero-order valence-corrected chi connectivity index (χ0v) is 13.0. The highest BCUT2D eigenvalue weighted by Crippen LogP contribution is 2.26. The number of nitrogens with zero attached hydrogens (tertiary/aromatic N) is 1. The Labute approximate surface area is 116 Å². The molecule has 1 aromatic rings.